The van der Waals surface area contributed by atoms with E-state index in [4.69, 9.17) is 69.6 Å². The number of alkyl halides is 6. The first-order chi connectivity index (χ1) is 10.9. The molecule has 0 atom stereocenters. The summed E-state index contributed by atoms with van der Waals surface area (Å²) in [6.07, 6.45) is 0. The SMILES string of the molecule is O=C([O-])C(Cl)(Cl)Cl.O=C([O-])C(Cl)(Cl)Cl.[Ti+4].[c-]1[c-][c-][cH-][c-]1.[c-]1[c-][c-][cH-][c-]1. The van der Waals surface area contributed by atoms with Gasteiger partial charge in [-0.1, -0.05) is 69.6 Å². The molecule has 0 spiro atoms. The van der Waals surface area contributed by atoms with Gasteiger partial charge in [0.05, 0.1) is 11.9 Å². The van der Waals surface area contributed by atoms with Gasteiger partial charge >= 0.3 is 21.7 Å². The van der Waals surface area contributed by atoms with Crippen LogP contribution in [-0.2, 0) is 31.3 Å². The van der Waals surface area contributed by atoms with Crippen LogP contribution in [0.15, 0.2) is 12.1 Å². The standard InChI is InChI=1S/2C5H.2C2HCl3O2.Ti/c2*1-2-4-5-3-1;2*3-2(4,5)1(6)7;/h2*1H;2*(H,6,7);/q2*-5;;;+4/p-2. The summed E-state index contributed by atoms with van der Waals surface area (Å²) in [5, 5.41) is 19.0. The molecule has 0 radical (unpaired) electrons. The molecule has 2 aromatic rings. The zero-order chi connectivity index (χ0) is 19.2. The summed E-state index contributed by atoms with van der Waals surface area (Å²) in [4.78, 5) is 19.0. The van der Waals surface area contributed by atoms with Crippen molar-refractivity contribution < 1.29 is 41.5 Å². The molecule has 136 valence electrons. The third-order valence-electron chi connectivity index (χ3n) is 1.17. The van der Waals surface area contributed by atoms with Crippen LogP contribution < -0.4 is 10.2 Å². The number of carbonyl (C=O) groups excluding carboxylic acids is 2. The molecule has 0 saturated heterocycles. The molecule has 0 aliphatic heterocycles. The van der Waals surface area contributed by atoms with Gasteiger partial charge in [-0.15, -0.1) is 0 Å². The van der Waals surface area contributed by atoms with Crippen molar-refractivity contribution in [1.82, 2.24) is 0 Å². The smallest absolute Gasteiger partial charge is 0.999 e. The van der Waals surface area contributed by atoms with Crippen LogP contribution in [0.2, 0.25) is 0 Å². The zero-order valence-electron chi connectivity index (χ0n) is 11.6. The minimum absolute atomic E-state index is 0. The summed E-state index contributed by atoms with van der Waals surface area (Å²) in [5.74, 6) is -3.42. The average molecular weight is 495 g/mol. The Bertz CT molecular complexity index is 448. The Labute approximate surface area is 190 Å². The van der Waals surface area contributed by atoms with Crippen molar-refractivity contribution in [3.63, 3.8) is 0 Å². The first kappa shape index (κ1) is 29.8. The van der Waals surface area contributed by atoms with Crippen molar-refractivity contribution in [2.75, 3.05) is 0 Å². The fourth-order valence-corrected chi connectivity index (χ4v) is 0.361. The van der Waals surface area contributed by atoms with Gasteiger partial charge in [0.2, 0.25) is 7.59 Å². The Hall–Kier alpha value is 0.0943. The van der Waals surface area contributed by atoms with Gasteiger partial charge in [-0.3, -0.25) is 0 Å². The second-order valence-electron chi connectivity index (χ2n) is 2.94. The normalized spacial score (nSPS) is 9.52. The van der Waals surface area contributed by atoms with Gasteiger partial charge in [-0.25, -0.2) is 0 Å². The van der Waals surface area contributed by atoms with Crippen LogP contribution in [0.4, 0.5) is 0 Å². The van der Waals surface area contributed by atoms with Crippen LogP contribution >= 0.6 is 69.6 Å². The van der Waals surface area contributed by atoms with Crippen LogP contribution in [0.3, 0.4) is 0 Å². The van der Waals surface area contributed by atoms with Crippen molar-refractivity contribution in [1.29, 1.82) is 0 Å². The van der Waals surface area contributed by atoms with E-state index in [-0.39, 0.29) is 21.7 Å². The molecule has 0 aliphatic rings. The number of rotatable bonds is 0. The molecule has 0 aliphatic carbocycles. The van der Waals surface area contributed by atoms with Crippen molar-refractivity contribution in [2.24, 2.45) is 0 Å². The Kier molecular flexibility index (Phi) is 19.4. The van der Waals surface area contributed by atoms with Crippen molar-refractivity contribution in [3.05, 3.63) is 60.7 Å². The van der Waals surface area contributed by atoms with Gasteiger partial charge in [0.1, 0.15) is 0 Å². The molecule has 4 nitrogen and oxygen atoms in total. The van der Waals surface area contributed by atoms with Gasteiger partial charge in [-0.2, -0.15) is 0 Å². The minimum Gasteiger partial charge on any atom is -0.999 e. The maximum absolute atomic E-state index is 9.51. The van der Waals surface area contributed by atoms with Gasteiger partial charge in [0, 0.05) is 0 Å². The molecule has 0 unspecified atom stereocenters. The number of hydrogen-bond donors (Lipinski definition) is 0. The van der Waals surface area contributed by atoms with Gasteiger partial charge in [-0.05, 0) is 0 Å². The van der Waals surface area contributed by atoms with Crippen LogP contribution in [0.1, 0.15) is 0 Å². The van der Waals surface area contributed by atoms with Crippen LogP contribution in [0, 0.1) is 48.5 Å². The second-order valence-corrected chi connectivity index (χ2v) is 7.50. The molecular formula is C14H2Cl6O4Ti-8. The van der Waals surface area contributed by atoms with Crippen LogP contribution in [0.5, 0.6) is 0 Å². The minimum atomic E-state index is -2.28. The maximum atomic E-state index is 9.51. The van der Waals surface area contributed by atoms with Crippen molar-refractivity contribution in [3.8, 4) is 0 Å². The summed E-state index contributed by atoms with van der Waals surface area (Å²) in [6, 6.07) is 24.0. The third-order valence-corrected chi connectivity index (χ3v) is 2.09. The van der Waals surface area contributed by atoms with Crippen LogP contribution in [-0.4, -0.2) is 19.5 Å². The molecule has 0 N–H and O–H groups in total. The Morgan fingerprint density at radius 3 is 0.840 bits per heavy atom. The topological polar surface area (TPSA) is 80.3 Å². The molecule has 25 heavy (non-hydrogen) atoms. The first-order valence-corrected chi connectivity index (χ1v) is 7.37. The van der Waals surface area contributed by atoms with E-state index < -0.39 is 19.5 Å². The quantitative estimate of drug-likeness (QED) is 0.315. The number of carboxylic acid groups (broad SMARTS) is 2. The number of carboxylic acids is 2. The van der Waals surface area contributed by atoms with E-state index in [1.807, 2.05) is 0 Å². The molecule has 0 amide bonds. The van der Waals surface area contributed by atoms with E-state index in [9.17, 15) is 19.8 Å². The Morgan fingerprint density at radius 1 is 0.640 bits per heavy atom. The fourth-order valence-electron chi connectivity index (χ4n) is 0.361. The van der Waals surface area contributed by atoms with E-state index in [0.29, 0.717) is 0 Å². The van der Waals surface area contributed by atoms with Gasteiger partial charge in [0.25, 0.3) is 0 Å². The second kappa shape index (κ2) is 16.3. The molecular weight excluding hydrogens is 493 g/mol. The summed E-state index contributed by atoms with van der Waals surface area (Å²) in [6.45, 7) is 0. The predicted molar refractivity (Wildman–Crippen MR) is 85.4 cm³/mol. The molecule has 0 fully saturated rings. The molecule has 0 aromatic heterocycles. The predicted octanol–water partition coefficient (Wildman–Crippen LogP) is 1.42. The summed E-state index contributed by atoms with van der Waals surface area (Å²) in [7, 11) is 0. The molecule has 11 heteroatoms. The van der Waals surface area contributed by atoms with Gasteiger partial charge in [0.15, 0.2) is 0 Å². The van der Waals surface area contributed by atoms with E-state index in [1.54, 1.807) is 12.1 Å². The van der Waals surface area contributed by atoms with E-state index in [0.717, 1.165) is 0 Å². The number of halogens is 6. The monoisotopic (exact) mass is 492 g/mol. The summed E-state index contributed by atoms with van der Waals surface area (Å²) >= 11 is 28.4. The Balaban J connectivity index is -0.000000257. The summed E-state index contributed by atoms with van der Waals surface area (Å²) < 4.78 is -4.56. The molecule has 2 rings (SSSR count). The third kappa shape index (κ3) is 24.1. The first-order valence-electron chi connectivity index (χ1n) is 5.11. The van der Waals surface area contributed by atoms with Crippen LogP contribution in [0.25, 0.3) is 0 Å². The van der Waals surface area contributed by atoms with E-state index >= 15 is 0 Å². The number of carbonyl (C=O) groups is 2. The average Bonchev–Trinajstić information content (AvgIpc) is 3.16. The van der Waals surface area contributed by atoms with Crippen molar-refractivity contribution in [2.45, 2.75) is 7.59 Å². The molecule has 0 saturated carbocycles. The molecule has 0 bridgehead atoms. The fraction of sp³-hybridized carbons (Fsp3) is 0.143. The number of hydrogen-bond acceptors (Lipinski definition) is 4. The molecule has 0 heterocycles. The zero-order valence-corrected chi connectivity index (χ0v) is 17.7. The summed E-state index contributed by atoms with van der Waals surface area (Å²) in [5.41, 5.74) is 0. The molecule has 2 aromatic carbocycles. The maximum Gasteiger partial charge on any atom is 4.00 e. The Morgan fingerprint density at radius 2 is 0.800 bits per heavy atom. The van der Waals surface area contributed by atoms with Crippen molar-refractivity contribution >= 4 is 81.5 Å². The van der Waals surface area contributed by atoms with E-state index in [2.05, 4.69) is 48.5 Å². The van der Waals surface area contributed by atoms with Gasteiger partial charge < -0.3 is 80.5 Å². The largest absolute Gasteiger partial charge is 4.00 e. The van der Waals surface area contributed by atoms with E-state index in [1.165, 1.54) is 0 Å². The number of aliphatic carboxylic acids is 2.